The average Bonchev–Trinajstić information content (AvgIpc) is 2.90. The number of para-hydroxylation sites is 2. The number of carbonyl (C=O) groups is 1. The Labute approximate surface area is 125 Å². The summed E-state index contributed by atoms with van der Waals surface area (Å²) >= 11 is 1.00. The number of oxazole rings is 1. The third kappa shape index (κ3) is 3.14. The summed E-state index contributed by atoms with van der Waals surface area (Å²) in [7, 11) is 0. The molecule has 21 heavy (non-hydrogen) atoms. The molecule has 0 spiro atoms. The van der Waals surface area contributed by atoms with Crippen molar-refractivity contribution in [1.82, 2.24) is 4.98 Å². The second kappa shape index (κ2) is 5.85. The highest BCUT2D eigenvalue weighted by Crippen LogP contribution is 2.30. The quantitative estimate of drug-likeness (QED) is 0.581. The van der Waals surface area contributed by atoms with Crippen LogP contribution in [0.1, 0.15) is 5.56 Å². The first-order valence-corrected chi connectivity index (χ1v) is 7.07. The van der Waals surface area contributed by atoms with Crippen molar-refractivity contribution >= 4 is 34.9 Å². The molecule has 0 aliphatic heterocycles. The van der Waals surface area contributed by atoms with Crippen LogP contribution in [0.4, 0.5) is 0 Å². The maximum atomic E-state index is 11.4. The Morgan fingerprint density at radius 3 is 2.52 bits per heavy atom. The molecular weight excluding hydrogens is 286 g/mol. The number of rotatable bonds is 4. The number of aliphatic carboxylic acids is 1. The Balaban J connectivity index is 1.92. The van der Waals surface area contributed by atoms with Gasteiger partial charge < -0.3 is 9.52 Å². The minimum atomic E-state index is -1.01. The zero-order chi connectivity index (χ0) is 14.7. The van der Waals surface area contributed by atoms with Gasteiger partial charge in [-0.2, -0.15) is 0 Å². The van der Waals surface area contributed by atoms with Gasteiger partial charge in [-0.15, -0.1) is 0 Å². The van der Waals surface area contributed by atoms with Crippen LogP contribution in [0.25, 0.3) is 17.2 Å². The number of fused-ring (bicyclic) bond motifs is 1. The number of benzene rings is 2. The van der Waals surface area contributed by atoms with E-state index in [1.54, 1.807) is 12.1 Å². The van der Waals surface area contributed by atoms with Gasteiger partial charge in [0.2, 0.25) is 0 Å². The second-order valence-electron chi connectivity index (χ2n) is 4.27. The Kier molecular flexibility index (Phi) is 3.75. The summed E-state index contributed by atoms with van der Waals surface area (Å²) in [5.74, 6) is -1.01. The Bertz CT molecular complexity index is 776. The summed E-state index contributed by atoms with van der Waals surface area (Å²) in [6, 6.07) is 16.6. The van der Waals surface area contributed by atoms with E-state index in [1.807, 2.05) is 48.5 Å². The van der Waals surface area contributed by atoms with Crippen molar-refractivity contribution in [2.45, 2.75) is 5.22 Å². The monoisotopic (exact) mass is 297 g/mol. The second-order valence-corrected chi connectivity index (χ2v) is 5.27. The van der Waals surface area contributed by atoms with Gasteiger partial charge in [-0.3, -0.25) is 0 Å². The van der Waals surface area contributed by atoms with E-state index in [2.05, 4.69) is 4.98 Å². The zero-order valence-electron chi connectivity index (χ0n) is 10.9. The molecular formula is C16H11NO3S. The van der Waals surface area contributed by atoms with Gasteiger partial charge in [-0.25, -0.2) is 9.78 Å². The van der Waals surface area contributed by atoms with E-state index in [1.165, 1.54) is 0 Å². The molecule has 0 bridgehead atoms. The first-order valence-electron chi connectivity index (χ1n) is 6.26. The largest absolute Gasteiger partial charge is 0.477 e. The van der Waals surface area contributed by atoms with Crippen molar-refractivity contribution in [2.75, 3.05) is 0 Å². The normalized spacial score (nSPS) is 11.7. The number of hydrogen-bond acceptors (Lipinski definition) is 4. The molecule has 0 atom stereocenters. The molecule has 3 aromatic rings. The van der Waals surface area contributed by atoms with Crippen LogP contribution in [-0.2, 0) is 4.79 Å². The first kappa shape index (κ1) is 13.5. The minimum absolute atomic E-state index is 0.160. The van der Waals surface area contributed by atoms with Gasteiger partial charge in [0.15, 0.2) is 5.58 Å². The summed E-state index contributed by atoms with van der Waals surface area (Å²) in [5, 5.41) is 9.63. The van der Waals surface area contributed by atoms with Crippen molar-refractivity contribution in [3.8, 4) is 0 Å². The molecule has 4 nitrogen and oxygen atoms in total. The minimum Gasteiger partial charge on any atom is -0.477 e. The lowest BCUT2D eigenvalue weighted by molar-refractivity contribution is -0.131. The zero-order valence-corrected chi connectivity index (χ0v) is 11.7. The molecule has 0 radical (unpaired) electrons. The van der Waals surface area contributed by atoms with E-state index in [0.717, 1.165) is 17.3 Å². The van der Waals surface area contributed by atoms with Gasteiger partial charge in [0.1, 0.15) is 10.4 Å². The summed E-state index contributed by atoms with van der Waals surface area (Å²) in [4.78, 5) is 15.8. The van der Waals surface area contributed by atoms with E-state index in [0.29, 0.717) is 16.3 Å². The summed E-state index contributed by atoms with van der Waals surface area (Å²) in [6.07, 6.45) is 1.60. The van der Waals surface area contributed by atoms with Crippen molar-refractivity contribution < 1.29 is 14.3 Å². The van der Waals surface area contributed by atoms with Gasteiger partial charge >= 0.3 is 5.97 Å². The number of carboxylic acid groups (broad SMARTS) is 1. The van der Waals surface area contributed by atoms with Crippen molar-refractivity contribution in [3.63, 3.8) is 0 Å². The molecule has 1 heterocycles. The molecule has 0 fully saturated rings. The molecule has 0 unspecified atom stereocenters. The van der Waals surface area contributed by atoms with Crippen molar-refractivity contribution in [3.05, 3.63) is 65.1 Å². The number of thioether (sulfide) groups is 1. The Morgan fingerprint density at radius 2 is 1.81 bits per heavy atom. The average molecular weight is 297 g/mol. The predicted octanol–water partition coefficient (Wildman–Crippen LogP) is 4.05. The maximum Gasteiger partial charge on any atom is 0.342 e. The number of carboxylic acids is 1. The fraction of sp³-hybridized carbons (Fsp3) is 0. The van der Waals surface area contributed by atoms with E-state index in [9.17, 15) is 9.90 Å². The molecule has 2 aromatic carbocycles. The highest BCUT2D eigenvalue weighted by Gasteiger charge is 2.14. The van der Waals surface area contributed by atoms with Crippen LogP contribution >= 0.6 is 11.8 Å². The van der Waals surface area contributed by atoms with E-state index in [4.69, 9.17) is 4.42 Å². The van der Waals surface area contributed by atoms with Crippen molar-refractivity contribution in [2.24, 2.45) is 0 Å². The fourth-order valence-electron chi connectivity index (χ4n) is 1.82. The van der Waals surface area contributed by atoms with Crippen LogP contribution in [0, 0.1) is 0 Å². The van der Waals surface area contributed by atoms with Crippen LogP contribution in [-0.4, -0.2) is 16.1 Å². The molecule has 104 valence electrons. The lowest BCUT2D eigenvalue weighted by atomic mass is 10.2. The van der Waals surface area contributed by atoms with Gasteiger partial charge in [0.05, 0.1) is 0 Å². The summed E-state index contributed by atoms with van der Waals surface area (Å²) in [6.45, 7) is 0. The molecule has 0 saturated heterocycles. The standard InChI is InChI=1S/C16H11NO3S/c18-15(19)14(10-11-6-2-1-3-7-11)21-16-17-12-8-4-5-9-13(12)20-16/h1-10H,(H,18,19)/b14-10+. The van der Waals surface area contributed by atoms with Gasteiger partial charge in [-0.1, -0.05) is 42.5 Å². The number of aromatic nitrogens is 1. The molecule has 0 aliphatic carbocycles. The molecule has 0 amide bonds. The van der Waals surface area contributed by atoms with Crippen molar-refractivity contribution in [1.29, 1.82) is 0 Å². The maximum absolute atomic E-state index is 11.4. The van der Waals surface area contributed by atoms with E-state index in [-0.39, 0.29) is 4.91 Å². The molecule has 3 rings (SSSR count). The SMILES string of the molecule is O=C(O)/C(=C\c1ccccc1)Sc1nc2ccccc2o1. The number of hydrogen-bond donors (Lipinski definition) is 1. The Hall–Kier alpha value is -2.53. The lowest BCUT2D eigenvalue weighted by Gasteiger charge is -1.99. The van der Waals surface area contributed by atoms with Gasteiger partial charge in [0, 0.05) is 0 Å². The highest BCUT2D eigenvalue weighted by atomic mass is 32.2. The molecule has 1 aromatic heterocycles. The summed E-state index contributed by atoms with van der Waals surface area (Å²) < 4.78 is 5.53. The third-order valence-corrected chi connectivity index (χ3v) is 3.64. The first-order chi connectivity index (χ1) is 10.2. The molecule has 5 heteroatoms. The van der Waals surface area contributed by atoms with Crippen LogP contribution in [0.2, 0.25) is 0 Å². The molecule has 0 aliphatic rings. The number of nitrogens with zero attached hydrogens (tertiary/aromatic N) is 1. The van der Waals surface area contributed by atoms with Crippen LogP contribution in [0.15, 0.2) is 69.1 Å². The van der Waals surface area contributed by atoms with Gasteiger partial charge in [-0.05, 0) is 35.5 Å². The van der Waals surface area contributed by atoms with Crippen LogP contribution < -0.4 is 0 Å². The Morgan fingerprint density at radius 1 is 1.10 bits per heavy atom. The molecule has 0 saturated carbocycles. The third-order valence-electron chi connectivity index (χ3n) is 2.78. The van der Waals surface area contributed by atoms with E-state index >= 15 is 0 Å². The van der Waals surface area contributed by atoms with Crippen LogP contribution in [0.3, 0.4) is 0 Å². The van der Waals surface area contributed by atoms with E-state index < -0.39 is 5.97 Å². The summed E-state index contributed by atoms with van der Waals surface area (Å²) in [5.41, 5.74) is 2.17. The molecule has 1 N–H and O–H groups in total. The predicted molar refractivity (Wildman–Crippen MR) is 81.9 cm³/mol. The fourth-order valence-corrected chi connectivity index (χ4v) is 2.57. The van der Waals surface area contributed by atoms with Gasteiger partial charge in [0.25, 0.3) is 5.22 Å². The lowest BCUT2D eigenvalue weighted by Crippen LogP contribution is -1.96. The smallest absolute Gasteiger partial charge is 0.342 e. The topological polar surface area (TPSA) is 63.3 Å². The highest BCUT2D eigenvalue weighted by molar-refractivity contribution is 8.03. The van der Waals surface area contributed by atoms with Crippen LogP contribution in [0.5, 0.6) is 0 Å².